The number of hydrogen-bond donors (Lipinski definition) is 2. The Morgan fingerprint density at radius 2 is 1.29 bits per heavy atom. The van der Waals surface area contributed by atoms with Crippen LogP contribution in [0.1, 0.15) is 0 Å². The number of rotatable bonds is 0. The summed E-state index contributed by atoms with van der Waals surface area (Å²) in [6, 6.07) is 11.2. The number of benzene rings is 3. The molecule has 2 N–H and O–H groups in total. The molecule has 3 heteroatoms. The van der Waals surface area contributed by atoms with Gasteiger partial charge in [0.05, 0.1) is 5.39 Å². The highest BCUT2D eigenvalue weighted by Gasteiger charge is 2.14. The smallest absolute Gasteiger partial charge is 0.134 e. The number of fused-ring (bicyclic) bond motifs is 2. The average molecular weight is 228 g/mol. The Morgan fingerprint density at radius 1 is 0.706 bits per heavy atom. The van der Waals surface area contributed by atoms with Crippen molar-refractivity contribution in [3.05, 3.63) is 48.3 Å². The van der Waals surface area contributed by atoms with E-state index in [4.69, 9.17) is 0 Å². The van der Waals surface area contributed by atoms with Crippen molar-refractivity contribution in [2.45, 2.75) is 0 Å². The van der Waals surface area contributed by atoms with E-state index in [2.05, 4.69) is 0 Å². The molecule has 3 rings (SSSR count). The minimum absolute atomic E-state index is 0.00657. The molecule has 0 aliphatic heterocycles. The van der Waals surface area contributed by atoms with E-state index >= 15 is 0 Å². The second-order valence-corrected chi connectivity index (χ2v) is 3.91. The Morgan fingerprint density at radius 3 is 2.00 bits per heavy atom. The Kier molecular flexibility index (Phi) is 1.95. The molecule has 0 heterocycles. The Hall–Kier alpha value is -2.29. The van der Waals surface area contributed by atoms with E-state index in [0.29, 0.717) is 16.2 Å². The first-order chi connectivity index (χ1) is 8.20. The van der Waals surface area contributed by atoms with Gasteiger partial charge in [-0.3, -0.25) is 0 Å². The van der Waals surface area contributed by atoms with Crippen LogP contribution in [0.4, 0.5) is 4.39 Å². The molecule has 17 heavy (non-hydrogen) atoms. The van der Waals surface area contributed by atoms with E-state index in [1.807, 2.05) is 0 Å². The van der Waals surface area contributed by atoms with Crippen molar-refractivity contribution < 1.29 is 14.6 Å². The highest BCUT2D eigenvalue weighted by Crippen LogP contribution is 2.41. The molecule has 0 radical (unpaired) electrons. The van der Waals surface area contributed by atoms with Gasteiger partial charge in [0, 0.05) is 16.2 Å². The van der Waals surface area contributed by atoms with Crippen LogP contribution in [-0.4, -0.2) is 10.2 Å². The summed E-state index contributed by atoms with van der Waals surface area (Å²) >= 11 is 0. The van der Waals surface area contributed by atoms with Gasteiger partial charge in [0.15, 0.2) is 0 Å². The van der Waals surface area contributed by atoms with Crippen LogP contribution in [-0.2, 0) is 0 Å². The van der Waals surface area contributed by atoms with Crippen molar-refractivity contribution in [2.75, 3.05) is 0 Å². The van der Waals surface area contributed by atoms with Gasteiger partial charge < -0.3 is 10.2 Å². The first-order valence-electron chi connectivity index (χ1n) is 5.21. The molecule has 0 saturated heterocycles. The molecule has 0 aliphatic rings. The van der Waals surface area contributed by atoms with E-state index in [1.165, 1.54) is 12.1 Å². The Labute approximate surface area is 96.5 Å². The highest BCUT2D eigenvalue weighted by atomic mass is 19.1. The third-order valence-corrected chi connectivity index (χ3v) is 2.94. The van der Waals surface area contributed by atoms with Crippen molar-refractivity contribution >= 4 is 21.5 Å². The van der Waals surface area contributed by atoms with Crippen LogP contribution in [0, 0.1) is 5.82 Å². The normalized spacial score (nSPS) is 11.1. The SMILES string of the molecule is Oc1c2ccccc2c(O)c2c(F)cccc12. The molecule has 0 bridgehead atoms. The Balaban J connectivity index is 2.69. The number of aromatic hydroxyl groups is 2. The first kappa shape index (κ1) is 9.90. The molecule has 3 aromatic rings. The van der Waals surface area contributed by atoms with Crippen LogP contribution in [0.2, 0.25) is 0 Å². The second-order valence-electron chi connectivity index (χ2n) is 3.91. The topological polar surface area (TPSA) is 40.5 Å². The zero-order valence-electron chi connectivity index (χ0n) is 8.81. The molecular formula is C14H9FO2. The highest BCUT2D eigenvalue weighted by molar-refractivity contribution is 6.10. The number of halogens is 1. The van der Waals surface area contributed by atoms with Crippen LogP contribution in [0.5, 0.6) is 11.5 Å². The lowest BCUT2D eigenvalue weighted by atomic mass is 10.0. The van der Waals surface area contributed by atoms with Crippen molar-refractivity contribution in [1.82, 2.24) is 0 Å². The summed E-state index contributed by atoms with van der Waals surface area (Å²) in [5, 5.41) is 21.5. The molecule has 3 aromatic carbocycles. The predicted molar refractivity (Wildman–Crippen MR) is 64.7 cm³/mol. The lowest BCUT2D eigenvalue weighted by Crippen LogP contribution is -1.84. The van der Waals surface area contributed by atoms with E-state index in [9.17, 15) is 14.6 Å². The van der Waals surface area contributed by atoms with Gasteiger partial charge in [-0.15, -0.1) is 0 Å². The summed E-state index contributed by atoms with van der Waals surface area (Å²) < 4.78 is 13.7. The van der Waals surface area contributed by atoms with Crippen LogP contribution < -0.4 is 0 Å². The summed E-state index contributed by atoms with van der Waals surface area (Å²) in [5.41, 5.74) is 0. The predicted octanol–water partition coefficient (Wildman–Crippen LogP) is 3.54. The molecule has 2 nitrogen and oxygen atoms in total. The van der Waals surface area contributed by atoms with Gasteiger partial charge in [0.25, 0.3) is 0 Å². The lowest BCUT2D eigenvalue weighted by molar-refractivity contribution is 0.476. The van der Waals surface area contributed by atoms with Gasteiger partial charge in [-0.05, 0) is 6.07 Å². The molecule has 0 atom stereocenters. The fourth-order valence-corrected chi connectivity index (χ4v) is 2.14. The number of hydrogen-bond acceptors (Lipinski definition) is 2. The first-order valence-corrected chi connectivity index (χ1v) is 5.21. The number of phenolic OH excluding ortho intramolecular Hbond substituents is 2. The van der Waals surface area contributed by atoms with E-state index < -0.39 is 5.82 Å². The molecule has 0 aliphatic carbocycles. The van der Waals surface area contributed by atoms with Crippen LogP contribution in [0.25, 0.3) is 21.5 Å². The van der Waals surface area contributed by atoms with Crippen LogP contribution in [0.15, 0.2) is 42.5 Å². The van der Waals surface area contributed by atoms with Crippen molar-refractivity contribution in [3.8, 4) is 11.5 Å². The summed E-state index contributed by atoms with van der Waals surface area (Å²) in [4.78, 5) is 0. The van der Waals surface area contributed by atoms with E-state index in [1.54, 1.807) is 30.3 Å². The maximum absolute atomic E-state index is 13.7. The van der Waals surface area contributed by atoms with E-state index in [-0.39, 0.29) is 16.9 Å². The van der Waals surface area contributed by atoms with Gasteiger partial charge in [0.2, 0.25) is 0 Å². The molecule has 0 unspecified atom stereocenters. The minimum atomic E-state index is -0.541. The molecule has 0 amide bonds. The van der Waals surface area contributed by atoms with E-state index in [0.717, 1.165) is 0 Å². The van der Waals surface area contributed by atoms with Crippen molar-refractivity contribution in [1.29, 1.82) is 0 Å². The lowest BCUT2D eigenvalue weighted by Gasteiger charge is -2.09. The minimum Gasteiger partial charge on any atom is -0.507 e. The molecule has 0 saturated carbocycles. The van der Waals surface area contributed by atoms with Crippen LogP contribution in [0.3, 0.4) is 0 Å². The summed E-state index contributed by atoms with van der Waals surface area (Å²) in [6.07, 6.45) is 0. The maximum Gasteiger partial charge on any atom is 0.134 e. The third-order valence-electron chi connectivity index (χ3n) is 2.94. The van der Waals surface area contributed by atoms with Gasteiger partial charge >= 0.3 is 0 Å². The summed E-state index contributed by atoms with van der Waals surface area (Å²) in [6.45, 7) is 0. The molecule has 0 aromatic heterocycles. The van der Waals surface area contributed by atoms with Crippen molar-refractivity contribution in [3.63, 3.8) is 0 Å². The van der Waals surface area contributed by atoms with Gasteiger partial charge in [-0.1, -0.05) is 36.4 Å². The van der Waals surface area contributed by atoms with Gasteiger partial charge in [-0.25, -0.2) is 4.39 Å². The number of phenols is 2. The zero-order valence-corrected chi connectivity index (χ0v) is 8.81. The monoisotopic (exact) mass is 228 g/mol. The fraction of sp³-hybridized carbons (Fsp3) is 0. The average Bonchev–Trinajstić information content (AvgIpc) is 2.36. The van der Waals surface area contributed by atoms with Crippen LogP contribution >= 0.6 is 0 Å². The quantitative estimate of drug-likeness (QED) is 0.456. The maximum atomic E-state index is 13.7. The molecule has 0 fully saturated rings. The largest absolute Gasteiger partial charge is 0.507 e. The Bertz CT molecular complexity index is 735. The van der Waals surface area contributed by atoms with Crippen molar-refractivity contribution in [2.24, 2.45) is 0 Å². The summed E-state index contributed by atoms with van der Waals surface area (Å²) in [5.74, 6) is -0.680. The summed E-state index contributed by atoms with van der Waals surface area (Å²) in [7, 11) is 0. The van der Waals surface area contributed by atoms with Gasteiger partial charge in [-0.2, -0.15) is 0 Å². The molecule has 84 valence electrons. The fourth-order valence-electron chi connectivity index (χ4n) is 2.14. The second kappa shape index (κ2) is 3.35. The molecular weight excluding hydrogens is 219 g/mol. The zero-order chi connectivity index (χ0) is 12.0. The standard InChI is InChI=1S/C14H9FO2/c15-11-7-3-6-10-12(11)14(17)9-5-2-1-4-8(9)13(10)16/h1-7,16-17H. The third kappa shape index (κ3) is 1.25. The molecule has 0 spiro atoms. The van der Waals surface area contributed by atoms with Gasteiger partial charge in [0.1, 0.15) is 17.3 Å².